The van der Waals surface area contributed by atoms with Crippen LogP contribution in [0, 0.1) is 0 Å². The van der Waals surface area contributed by atoms with Gasteiger partial charge in [0, 0.05) is 12.6 Å². The lowest BCUT2D eigenvalue weighted by Gasteiger charge is -2.27. The van der Waals surface area contributed by atoms with Gasteiger partial charge in [-0.2, -0.15) is 0 Å². The van der Waals surface area contributed by atoms with E-state index in [0.29, 0.717) is 6.04 Å². The first-order valence-corrected chi connectivity index (χ1v) is 3.77. The predicted molar refractivity (Wildman–Crippen MR) is 39.7 cm³/mol. The molecule has 2 N–H and O–H groups in total. The Bertz CT molecular complexity index is 136. The van der Waals surface area contributed by atoms with E-state index < -0.39 is 0 Å². The molecule has 1 heterocycles. The van der Waals surface area contributed by atoms with Crippen LogP contribution in [0.15, 0.2) is 0 Å². The highest BCUT2D eigenvalue weighted by Gasteiger charge is 2.21. The lowest BCUT2D eigenvalue weighted by molar-refractivity contribution is -0.124. The maximum atomic E-state index is 10.9. The molecule has 0 spiro atoms. The van der Waals surface area contributed by atoms with E-state index in [1.54, 1.807) is 0 Å². The second-order valence-corrected chi connectivity index (χ2v) is 2.74. The maximum absolute atomic E-state index is 10.9. The summed E-state index contributed by atoms with van der Waals surface area (Å²) in [6.07, 6.45) is 1.07. The van der Waals surface area contributed by atoms with Gasteiger partial charge in [0.25, 0.3) is 0 Å². The van der Waals surface area contributed by atoms with Crippen LogP contribution < -0.4 is 10.6 Å². The minimum atomic E-state index is -0.0151. The number of piperazine rings is 1. The number of hydrogen-bond donors (Lipinski definition) is 2. The minimum absolute atomic E-state index is 0.0151. The van der Waals surface area contributed by atoms with Gasteiger partial charge in [0.2, 0.25) is 5.91 Å². The maximum Gasteiger partial charge on any atom is 0.236 e. The number of amides is 1. The minimum Gasteiger partial charge on any atom is -0.353 e. The lowest BCUT2D eigenvalue weighted by atomic mass is 10.1. The summed E-state index contributed by atoms with van der Waals surface area (Å²) >= 11 is 0. The zero-order valence-electron chi connectivity index (χ0n) is 6.48. The van der Waals surface area contributed by atoms with Crippen LogP contribution in [-0.4, -0.2) is 24.5 Å². The van der Waals surface area contributed by atoms with Crippen molar-refractivity contribution in [3.05, 3.63) is 0 Å². The molecule has 3 heteroatoms. The average molecular weight is 142 g/mol. The molecule has 1 aliphatic heterocycles. The lowest BCUT2D eigenvalue weighted by Crippen LogP contribution is -2.56. The average Bonchev–Trinajstić information content (AvgIpc) is 1.95. The fourth-order valence-corrected chi connectivity index (χ4v) is 1.13. The molecule has 2 atom stereocenters. The molecule has 0 aliphatic carbocycles. The number of rotatable bonds is 1. The van der Waals surface area contributed by atoms with Crippen LogP contribution >= 0.6 is 0 Å². The summed E-state index contributed by atoms with van der Waals surface area (Å²) in [7, 11) is 0. The van der Waals surface area contributed by atoms with Crippen molar-refractivity contribution in [2.75, 3.05) is 6.54 Å². The molecule has 2 unspecified atom stereocenters. The first kappa shape index (κ1) is 7.54. The number of hydrogen-bond acceptors (Lipinski definition) is 2. The van der Waals surface area contributed by atoms with E-state index in [-0.39, 0.29) is 11.9 Å². The van der Waals surface area contributed by atoms with E-state index in [1.807, 2.05) is 6.92 Å². The molecule has 0 aromatic carbocycles. The molecule has 0 radical (unpaired) electrons. The van der Waals surface area contributed by atoms with Crippen molar-refractivity contribution < 1.29 is 4.79 Å². The van der Waals surface area contributed by atoms with Crippen LogP contribution in [0.4, 0.5) is 0 Å². The van der Waals surface area contributed by atoms with Gasteiger partial charge in [0.15, 0.2) is 0 Å². The first-order chi connectivity index (χ1) is 4.74. The molecule has 0 aromatic rings. The van der Waals surface area contributed by atoms with Crippen molar-refractivity contribution >= 4 is 5.91 Å². The fraction of sp³-hybridized carbons (Fsp3) is 0.857. The van der Waals surface area contributed by atoms with E-state index in [1.165, 1.54) is 0 Å². The standard InChI is InChI=1S/C7H14N2O/c1-3-6-4-8-7(10)5(2)9-6/h5-6,9H,3-4H2,1-2H3,(H,8,10). The van der Waals surface area contributed by atoms with Crippen LogP contribution in [0.1, 0.15) is 20.3 Å². The van der Waals surface area contributed by atoms with Crippen LogP contribution in [0.25, 0.3) is 0 Å². The van der Waals surface area contributed by atoms with Gasteiger partial charge in [-0.3, -0.25) is 4.79 Å². The number of nitrogens with one attached hydrogen (secondary N) is 2. The molecule has 0 aromatic heterocycles. The quantitative estimate of drug-likeness (QED) is 0.535. The summed E-state index contributed by atoms with van der Waals surface area (Å²) in [5, 5.41) is 6.04. The summed E-state index contributed by atoms with van der Waals surface area (Å²) < 4.78 is 0. The Morgan fingerprint density at radius 3 is 2.90 bits per heavy atom. The summed E-state index contributed by atoms with van der Waals surface area (Å²) in [6, 6.07) is 0.450. The monoisotopic (exact) mass is 142 g/mol. The van der Waals surface area contributed by atoms with E-state index in [0.717, 1.165) is 13.0 Å². The van der Waals surface area contributed by atoms with E-state index in [9.17, 15) is 4.79 Å². The Labute approximate surface area is 61.2 Å². The number of carbonyl (C=O) groups excluding carboxylic acids is 1. The summed E-state index contributed by atoms with van der Waals surface area (Å²) in [4.78, 5) is 10.9. The third-order valence-corrected chi connectivity index (χ3v) is 1.89. The van der Waals surface area contributed by atoms with Crippen LogP contribution in [0.5, 0.6) is 0 Å². The van der Waals surface area contributed by atoms with Crippen LogP contribution in [0.2, 0.25) is 0 Å². The van der Waals surface area contributed by atoms with Gasteiger partial charge < -0.3 is 10.6 Å². The van der Waals surface area contributed by atoms with E-state index in [2.05, 4.69) is 17.6 Å². The van der Waals surface area contributed by atoms with E-state index >= 15 is 0 Å². The smallest absolute Gasteiger partial charge is 0.236 e. The highest BCUT2D eigenvalue weighted by atomic mass is 16.2. The SMILES string of the molecule is CCC1CNC(=O)C(C)N1. The second kappa shape index (κ2) is 3.01. The van der Waals surface area contributed by atoms with Crippen molar-refractivity contribution in [1.82, 2.24) is 10.6 Å². The molecule has 0 bridgehead atoms. The van der Waals surface area contributed by atoms with Crippen molar-refractivity contribution in [1.29, 1.82) is 0 Å². The summed E-state index contributed by atoms with van der Waals surface area (Å²) in [5.74, 6) is 0.115. The molecule has 10 heavy (non-hydrogen) atoms. The fourth-order valence-electron chi connectivity index (χ4n) is 1.13. The summed E-state index contributed by atoms with van der Waals surface area (Å²) in [6.45, 7) is 4.78. The normalized spacial score (nSPS) is 33.6. The van der Waals surface area contributed by atoms with Gasteiger partial charge in [-0.1, -0.05) is 6.92 Å². The number of carbonyl (C=O) groups is 1. The molecule has 1 aliphatic rings. The zero-order chi connectivity index (χ0) is 7.56. The molecule has 58 valence electrons. The van der Waals surface area contributed by atoms with Gasteiger partial charge in [-0.15, -0.1) is 0 Å². The van der Waals surface area contributed by atoms with Gasteiger partial charge in [-0.25, -0.2) is 0 Å². The van der Waals surface area contributed by atoms with Crippen molar-refractivity contribution in [2.45, 2.75) is 32.4 Å². The Morgan fingerprint density at radius 1 is 1.70 bits per heavy atom. The van der Waals surface area contributed by atoms with Gasteiger partial charge in [0.05, 0.1) is 6.04 Å². The molecule has 1 fully saturated rings. The second-order valence-electron chi connectivity index (χ2n) is 2.74. The van der Waals surface area contributed by atoms with Gasteiger partial charge in [0.1, 0.15) is 0 Å². The van der Waals surface area contributed by atoms with Crippen LogP contribution in [0.3, 0.4) is 0 Å². The van der Waals surface area contributed by atoms with Crippen molar-refractivity contribution in [2.24, 2.45) is 0 Å². The Hall–Kier alpha value is -0.570. The predicted octanol–water partition coefficient (Wildman–Crippen LogP) is -0.127. The Morgan fingerprint density at radius 2 is 2.40 bits per heavy atom. The topological polar surface area (TPSA) is 41.1 Å². The molecule has 0 saturated carbocycles. The molecular weight excluding hydrogens is 128 g/mol. The Kier molecular flexibility index (Phi) is 2.27. The van der Waals surface area contributed by atoms with Crippen molar-refractivity contribution in [3.8, 4) is 0 Å². The highest BCUT2D eigenvalue weighted by Crippen LogP contribution is 1.97. The third kappa shape index (κ3) is 1.48. The van der Waals surface area contributed by atoms with Gasteiger partial charge >= 0.3 is 0 Å². The third-order valence-electron chi connectivity index (χ3n) is 1.89. The highest BCUT2D eigenvalue weighted by molar-refractivity contribution is 5.82. The van der Waals surface area contributed by atoms with Crippen molar-refractivity contribution in [3.63, 3.8) is 0 Å². The van der Waals surface area contributed by atoms with Gasteiger partial charge in [-0.05, 0) is 13.3 Å². The van der Waals surface area contributed by atoms with E-state index in [4.69, 9.17) is 0 Å². The largest absolute Gasteiger partial charge is 0.353 e. The first-order valence-electron chi connectivity index (χ1n) is 3.77. The molecule has 1 saturated heterocycles. The zero-order valence-corrected chi connectivity index (χ0v) is 6.48. The summed E-state index contributed by atoms with van der Waals surface area (Å²) in [5.41, 5.74) is 0. The molecule has 1 rings (SSSR count). The molecule has 1 amide bonds. The molecular formula is C7H14N2O. The Balaban J connectivity index is 2.40. The molecule has 3 nitrogen and oxygen atoms in total. The van der Waals surface area contributed by atoms with Crippen LogP contribution in [-0.2, 0) is 4.79 Å².